The molecule has 3 heteroatoms. The average molecular weight is 287 g/mol. The minimum absolute atomic E-state index is 0.697. The lowest BCUT2D eigenvalue weighted by atomic mass is 10.1. The highest BCUT2D eigenvalue weighted by Crippen LogP contribution is 2.04. The van der Waals surface area contributed by atoms with E-state index in [-0.39, 0.29) is 0 Å². The first-order valence-corrected chi connectivity index (χ1v) is 6.92. The summed E-state index contributed by atoms with van der Waals surface area (Å²) in [5.74, 6) is 1.98. The van der Waals surface area contributed by atoms with Gasteiger partial charge in [0.05, 0.1) is 0 Å². The molecule has 0 heterocycles. The fourth-order valence-electron chi connectivity index (χ4n) is 0.815. The van der Waals surface area contributed by atoms with E-state index in [1.807, 2.05) is 11.8 Å². The SMILES string of the molecule is CSCCNC(CI)C(C)C. The minimum Gasteiger partial charge on any atom is -0.312 e. The van der Waals surface area contributed by atoms with Crippen LogP contribution in [0.15, 0.2) is 0 Å². The van der Waals surface area contributed by atoms with Crippen molar-refractivity contribution < 1.29 is 0 Å². The van der Waals surface area contributed by atoms with Crippen LogP contribution < -0.4 is 5.32 Å². The monoisotopic (exact) mass is 287 g/mol. The summed E-state index contributed by atoms with van der Waals surface area (Å²) in [4.78, 5) is 0. The van der Waals surface area contributed by atoms with Crippen LogP contribution >= 0.6 is 34.4 Å². The normalized spacial score (nSPS) is 13.9. The minimum atomic E-state index is 0.697. The summed E-state index contributed by atoms with van der Waals surface area (Å²) in [7, 11) is 0. The third-order valence-electron chi connectivity index (χ3n) is 1.68. The second-order valence-electron chi connectivity index (χ2n) is 2.95. The number of hydrogen-bond acceptors (Lipinski definition) is 2. The van der Waals surface area contributed by atoms with Gasteiger partial charge in [-0.2, -0.15) is 11.8 Å². The summed E-state index contributed by atoms with van der Waals surface area (Å²) in [6.07, 6.45) is 2.15. The first-order chi connectivity index (χ1) is 5.22. The summed E-state index contributed by atoms with van der Waals surface area (Å²) in [6, 6.07) is 0.697. The van der Waals surface area contributed by atoms with Crippen LogP contribution in [-0.2, 0) is 0 Å². The van der Waals surface area contributed by atoms with Gasteiger partial charge < -0.3 is 5.32 Å². The van der Waals surface area contributed by atoms with Crippen molar-refractivity contribution in [3.63, 3.8) is 0 Å². The second-order valence-corrected chi connectivity index (χ2v) is 4.82. The smallest absolute Gasteiger partial charge is 0.0180 e. The molecule has 68 valence electrons. The Labute approximate surface area is 88.2 Å². The van der Waals surface area contributed by atoms with Gasteiger partial charge in [-0.15, -0.1) is 0 Å². The van der Waals surface area contributed by atoms with Crippen molar-refractivity contribution >= 4 is 34.4 Å². The van der Waals surface area contributed by atoms with Crippen LogP contribution in [0.5, 0.6) is 0 Å². The molecule has 0 saturated heterocycles. The predicted octanol–water partition coefficient (Wildman–Crippen LogP) is 2.40. The van der Waals surface area contributed by atoms with Crippen molar-refractivity contribution in [3.05, 3.63) is 0 Å². The van der Waals surface area contributed by atoms with Crippen LogP contribution in [-0.4, -0.2) is 29.0 Å². The molecule has 1 unspecified atom stereocenters. The van der Waals surface area contributed by atoms with E-state index in [2.05, 4.69) is 48.0 Å². The third-order valence-corrected chi connectivity index (χ3v) is 3.24. The molecule has 0 bridgehead atoms. The highest BCUT2D eigenvalue weighted by molar-refractivity contribution is 14.1. The third kappa shape index (κ3) is 6.22. The Morgan fingerprint density at radius 1 is 1.45 bits per heavy atom. The highest BCUT2D eigenvalue weighted by Gasteiger charge is 2.09. The van der Waals surface area contributed by atoms with Gasteiger partial charge in [0.2, 0.25) is 0 Å². The van der Waals surface area contributed by atoms with E-state index in [0.29, 0.717) is 6.04 Å². The molecule has 0 radical (unpaired) electrons. The Balaban J connectivity index is 3.36. The van der Waals surface area contributed by atoms with Gasteiger partial charge in [-0.1, -0.05) is 36.4 Å². The van der Waals surface area contributed by atoms with Crippen molar-refractivity contribution in [2.45, 2.75) is 19.9 Å². The molecule has 0 aromatic rings. The zero-order valence-electron chi connectivity index (χ0n) is 7.56. The zero-order chi connectivity index (χ0) is 8.69. The summed E-state index contributed by atoms with van der Waals surface area (Å²) in [5, 5.41) is 3.54. The Morgan fingerprint density at radius 2 is 2.09 bits per heavy atom. The van der Waals surface area contributed by atoms with E-state index in [9.17, 15) is 0 Å². The molecule has 0 amide bonds. The molecule has 0 aliphatic carbocycles. The van der Waals surface area contributed by atoms with Crippen LogP contribution in [0.1, 0.15) is 13.8 Å². The van der Waals surface area contributed by atoms with E-state index in [0.717, 1.165) is 12.5 Å². The lowest BCUT2D eigenvalue weighted by molar-refractivity contribution is 0.449. The molecule has 0 rings (SSSR count). The van der Waals surface area contributed by atoms with Crippen molar-refractivity contribution in [1.29, 1.82) is 0 Å². The van der Waals surface area contributed by atoms with E-state index in [4.69, 9.17) is 0 Å². The number of hydrogen-bond donors (Lipinski definition) is 1. The first-order valence-electron chi connectivity index (χ1n) is 4.00. The van der Waals surface area contributed by atoms with Crippen molar-refractivity contribution in [2.24, 2.45) is 5.92 Å². The lowest BCUT2D eigenvalue weighted by Crippen LogP contribution is -2.36. The molecule has 0 spiro atoms. The van der Waals surface area contributed by atoms with Gasteiger partial charge in [0.25, 0.3) is 0 Å². The number of alkyl halides is 1. The molecule has 0 saturated carbocycles. The summed E-state index contributed by atoms with van der Waals surface area (Å²) < 4.78 is 1.21. The molecule has 11 heavy (non-hydrogen) atoms. The summed E-state index contributed by atoms with van der Waals surface area (Å²) >= 11 is 4.35. The fourth-order valence-corrected chi connectivity index (χ4v) is 2.47. The quantitative estimate of drug-likeness (QED) is 0.457. The van der Waals surface area contributed by atoms with E-state index >= 15 is 0 Å². The largest absolute Gasteiger partial charge is 0.312 e. The zero-order valence-corrected chi connectivity index (χ0v) is 10.5. The molecule has 0 aliphatic rings. The standard InChI is InChI=1S/C8H18INS/c1-7(2)8(6-9)10-4-5-11-3/h7-8,10H,4-6H2,1-3H3. The molecule has 0 aliphatic heterocycles. The van der Waals surface area contributed by atoms with Crippen molar-refractivity contribution in [3.8, 4) is 0 Å². The number of rotatable bonds is 6. The summed E-state index contributed by atoms with van der Waals surface area (Å²) in [5.41, 5.74) is 0. The van der Waals surface area contributed by atoms with Crippen LogP contribution in [0.25, 0.3) is 0 Å². The predicted molar refractivity (Wildman–Crippen MR) is 63.9 cm³/mol. The molecule has 1 nitrogen and oxygen atoms in total. The molecular weight excluding hydrogens is 269 g/mol. The van der Waals surface area contributed by atoms with Crippen LogP contribution in [0, 0.1) is 5.92 Å². The maximum atomic E-state index is 3.54. The highest BCUT2D eigenvalue weighted by atomic mass is 127. The molecule has 0 aromatic heterocycles. The summed E-state index contributed by atoms with van der Waals surface area (Å²) in [6.45, 7) is 5.69. The average Bonchev–Trinajstić information content (AvgIpc) is 1.97. The molecule has 0 fully saturated rings. The van der Waals surface area contributed by atoms with E-state index < -0.39 is 0 Å². The lowest BCUT2D eigenvalue weighted by Gasteiger charge is -2.19. The topological polar surface area (TPSA) is 12.0 Å². The van der Waals surface area contributed by atoms with Crippen LogP contribution in [0.3, 0.4) is 0 Å². The van der Waals surface area contributed by atoms with Gasteiger partial charge in [0.15, 0.2) is 0 Å². The maximum absolute atomic E-state index is 3.54. The van der Waals surface area contributed by atoms with Gasteiger partial charge in [-0.05, 0) is 12.2 Å². The fraction of sp³-hybridized carbons (Fsp3) is 1.00. The Morgan fingerprint density at radius 3 is 2.45 bits per heavy atom. The van der Waals surface area contributed by atoms with Gasteiger partial charge in [-0.25, -0.2) is 0 Å². The van der Waals surface area contributed by atoms with Crippen molar-refractivity contribution in [1.82, 2.24) is 5.32 Å². The number of nitrogens with one attached hydrogen (secondary N) is 1. The van der Waals surface area contributed by atoms with Crippen molar-refractivity contribution in [2.75, 3.05) is 23.0 Å². The number of thioether (sulfide) groups is 1. The van der Waals surface area contributed by atoms with E-state index in [1.54, 1.807) is 0 Å². The molecule has 1 N–H and O–H groups in total. The Bertz CT molecular complexity index is 88.2. The van der Waals surface area contributed by atoms with Crippen LogP contribution in [0.2, 0.25) is 0 Å². The molecule has 1 atom stereocenters. The first kappa shape index (κ1) is 12.0. The Hall–Kier alpha value is 1.04. The maximum Gasteiger partial charge on any atom is 0.0180 e. The van der Waals surface area contributed by atoms with Gasteiger partial charge >= 0.3 is 0 Å². The van der Waals surface area contributed by atoms with E-state index in [1.165, 1.54) is 10.2 Å². The molecular formula is C8H18INS. The van der Waals surface area contributed by atoms with Gasteiger partial charge in [-0.3, -0.25) is 0 Å². The number of halogens is 1. The van der Waals surface area contributed by atoms with Gasteiger partial charge in [0, 0.05) is 22.8 Å². The second kappa shape index (κ2) is 7.68. The van der Waals surface area contributed by atoms with Gasteiger partial charge in [0.1, 0.15) is 0 Å². The van der Waals surface area contributed by atoms with Crippen LogP contribution in [0.4, 0.5) is 0 Å². The Kier molecular flexibility index (Phi) is 8.40. The molecule has 0 aromatic carbocycles.